The fourth-order valence-corrected chi connectivity index (χ4v) is 5.62. The van der Waals surface area contributed by atoms with Gasteiger partial charge in [-0.25, -0.2) is 8.42 Å². The molecule has 2 amide bonds. The lowest BCUT2D eigenvalue weighted by Crippen LogP contribution is -2.46. The highest BCUT2D eigenvalue weighted by molar-refractivity contribution is 7.92. The summed E-state index contributed by atoms with van der Waals surface area (Å²) < 4.78 is 28.4. The first-order chi connectivity index (χ1) is 15.9. The summed E-state index contributed by atoms with van der Waals surface area (Å²) in [6, 6.07) is 11.1. The van der Waals surface area contributed by atoms with Crippen molar-refractivity contribution in [3.63, 3.8) is 0 Å². The Hall–Kier alpha value is -3.13. The van der Waals surface area contributed by atoms with Gasteiger partial charge < -0.3 is 10.2 Å². The van der Waals surface area contributed by atoms with Crippen molar-refractivity contribution in [2.24, 2.45) is 0 Å². The first kappa shape index (κ1) is 23.0. The van der Waals surface area contributed by atoms with Gasteiger partial charge in [0.05, 0.1) is 4.90 Å². The summed E-state index contributed by atoms with van der Waals surface area (Å²) in [5.41, 5.74) is 3.12. The maximum atomic E-state index is 13.0. The molecule has 1 aliphatic carbocycles. The Morgan fingerprint density at radius 1 is 1.03 bits per heavy atom. The molecule has 0 aromatic heterocycles. The number of anilines is 1. The van der Waals surface area contributed by atoms with Crippen molar-refractivity contribution in [2.75, 3.05) is 17.8 Å². The van der Waals surface area contributed by atoms with Gasteiger partial charge in [0.2, 0.25) is 5.91 Å². The van der Waals surface area contributed by atoms with Crippen LogP contribution in [0, 0.1) is 0 Å². The molecule has 1 atom stereocenters. The second-order valence-electron chi connectivity index (χ2n) is 8.51. The average molecular weight is 468 g/mol. The predicted octanol–water partition coefficient (Wildman–Crippen LogP) is 3.27. The van der Waals surface area contributed by atoms with Crippen molar-refractivity contribution >= 4 is 27.5 Å². The van der Waals surface area contributed by atoms with Gasteiger partial charge in [-0.3, -0.25) is 14.3 Å². The van der Waals surface area contributed by atoms with Crippen LogP contribution >= 0.6 is 0 Å². The molecule has 1 saturated heterocycles. The molecule has 0 saturated carbocycles. The summed E-state index contributed by atoms with van der Waals surface area (Å²) in [4.78, 5) is 27.2. The van der Waals surface area contributed by atoms with Crippen LogP contribution in [0.3, 0.4) is 0 Å². The fourth-order valence-electron chi connectivity index (χ4n) is 4.51. The average Bonchev–Trinajstić information content (AvgIpc) is 3.32. The van der Waals surface area contributed by atoms with Gasteiger partial charge >= 0.3 is 0 Å². The number of benzene rings is 2. The third kappa shape index (κ3) is 5.11. The third-order valence-corrected chi connectivity index (χ3v) is 7.63. The minimum Gasteiger partial charge on any atom is -0.351 e. The van der Waals surface area contributed by atoms with Gasteiger partial charge in [0.15, 0.2) is 0 Å². The Kier molecular flexibility index (Phi) is 6.83. The Balaban J connectivity index is 1.45. The second kappa shape index (κ2) is 9.79. The molecule has 0 radical (unpaired) electrons. The maximum Gasteiger partial charge on any atom is 0.261 e. The lowest BCUT2D eigenvalue weighted by molar-refractivity contribution is -0.124. The second-order valence-corrected chi connectivity index (χ2v) is 10.2. The largest absolute Gasteiger partial charge is 0.351 e. The molecule has 1 fully saturated rings. The van der Waals surface area contributed by atoms with E-state index in [1.165, 1.54) is 5.56 Å². The summed E-state index contributed by atoms with van der Waals surface area (Å²) in [6.07, 6.45) is 7.09. The normalized spacial score (nSPS) is 17.8. The molecule has 2 N–H and O–H groups in total. The van der Waals surface area contributed by atoms with Gasteiger partial charge in [0.25, 0.3) is 15.9 Å². The number of nitrogens with zero attached hydrogens (tertiary/aromatic N) is 1. The van der Waals surface area contributed by atoms with Crippen molar-refractivity contribution in [2.45, 2.75) is 49.5 Å². The first-order valence-electron chi connectivity index (χ1n) is 11.3. The monoisotopic (exact) mass is 467 g/mol. The molecule has 0 spiro atoms. The first-order valence-corrected chi connectivity index (χ1v) is 12.8. The Morgan fingerprint density at radius 3 is 2.48 bits per heavy atom. The molecule has 8 heteroatoms. The molecule has 1 heterocycles. The highest BCUT2D eigenvalue weighted by Gasteiger charge is 2.34. The number of fused-ring (bicyclic) bond motifs is 1. The van der Waals surface area contributed by atoms with Crippen LogP contribution < -0.4 is 10.0 Å². The predicted molar refractivity (Wildman–Crippen MR) is 128 cm³/mol. The van der Waals surface area contributed by atoms with Crippen LogP contribution in [0.4, 0.5) is 5.69 Å². The fraction of sp³-hybridized carbons (Fsp3) is 0.360. The van der Waals surface area contributed by atoms with Crippen molar-refractivity contribution in [3.05, 3.63) is 71.8 Å². The van der Waals surface area contributed by atoms with Crippen LogP contribution in [0.2, 0.25) is 0 Å². The summed E-state index contributed by atoms with van der Waals surface area (Å²) in [7, 11) is -3.73. The van der Waals surface area contributed by atoms with Gasteiger partial charge in [0, 0.05) is 24.3 Å². The number of hydrogen-bond donors (Lipinski definition) is 2. The number of amides is 2. The molecule has 0 unspecified atom stereocenters. The van der Waals surface area contributed by atoms with Gasteiger partial charge in [-0.1, -0.05) is 12.1 Å². The van der Waals surface area contributed by atoms with Gasteiger partial charge in [-0.15, -0.1) is 6.58 Å². The highest BCUT2D eigenvalue weighted by Crippen LogP contribution is 2.26. The number of sulfonamides is 1. The van der Waals surface area contributed by atoms with Crippen LogP contribution in [-0.4, -0.2) is 44.3 Å². The molecule has 2 aliphatic rings. The Labute approximate surface area is 194 Å². The van der Waals surface area contributed by atoms with Crippen molar-refractivity contribution < 1.29 is 18.0 Å². The Morgan fingerprint density at radius 2 is 1.76 bits per heavy atom. The quantitative estimate of drug-likeness (QED) is 0.611. The van der Waals surface area contributed by atoms with Crippen molar-refractivity contribution in [3.8, 4) is 0 Å². The van der Waals surface area contributed by atoms with E-state index in [9.17, 15) is 18.0 Å². The Bertz CT molecular complexity index is 1160. The summed E-state index contributed by atoms with van der Waals surface area (Å²) in [5.74, 6) is -0.425. The molecule has 174 valence electrons. The third-order valence-electron chi connectivity index (χ3n) is 6.25. The number of carbonyl (C=O) groups is 2. The molecule has 1 aliphatic heterocycles. The zero-order valence-electron chi connectivity index (χ0n) is 18.5. The summed E-state index contributed by atoms with van der Waals surface area (Å²) in [6.45, 7) is 4.46. The van der Waals surface area contributed by atoms with Crippen LogP contribution in [0.5, 0.6) is 0 Å². The lowest BCUT2D eigenvalue weighted by Gasteiger charge is -2.24. The maximum absolute atomic E-state index is 13.0. The van der Waals surface area contributed by atoms with E-state index in [-0.39, 0.29) is 16.7 Å². The van der Waals surface area contributed by atoms with Gasteiger partial charge in [-0.05, 0) is 86.1 Å². The lowest BCUT2D eigenvalue weighted by atomic mass is 9.92. The highest BCUT2D eigenvalue weighted by atomic mass is 32.2. The number of carbonyl (C=O) groups excluding carboxylic acids is 2. The molecule has 2 aromatic carbocycles. The van der Waals surface area contributed by atoms with E-state index in [1.807, 2.05) is 6.07 Å². The van der Waals surface area contributed by atoms with Crippen molar-refractivity contribution in [1.29, 1.82) is 0 Å². The van der Waals surface area contributed by atoms with Gasteiger partial charge in [-0.2, -0.15) is 0 Å². The van der Waals surface area contributed by atoms with Crippen LogP contribution in [0.15, 0.2) is 60.0 Å². The molecular weight excluding hydrogens is 438 g/mol. The topological polar surface area (TPSA) is 95.6 Å². The minimum absolute atomic E-state index is 0.185. The van der Waals surface area contributed by atoms with E-state index in [0.29, 0.717) is 30.8 Å². The van der Waals surface area contributed by atoms with Crippen LogP contribution in [0.1, 0.15) is 47.2 Å². The number of aryl methyl sites for hydroxylation is 2. The van der Waals surface area contributed by atoms with E-state index >= 15 is 0 Å². The molecule has 33 heavy (non-hydrogen) atoms. The van der Waals surface area contributed by atoms with E-state index in [2.05, 4.69) is 16.6 Å². The van der Waals surface area contributed by atoms with Crippen LogP contribution in [0.25, 0.3) is 0 Å². The molecule has 0 bridgehead atoms. The number of nitrogens with one attached hydrogen (secondary N) is 2. The molecule has 7 nitrogen and oxygen atoms in total. The summed E-state index contributed by atoms with van der Waals surface area (Å²) in [5, 5.41) is 2.75. The van der Waals surface area contributed by atoms with E-state index < -0.39 is 16.1 Å². The number of likely N-dealkylation sites (tertiary alicyclic amines) is 1. The van der Waals surface area contributed by atoms with E-state index in [4.69, 9.17) is 0 Å². The minimum atomic E-state index is -3.73. The zero-order valence-corrected chi connectivity index (χ0v) is 19.4. The SMILES string of the molecule is C=CCNC(=O)[C@H]1CCCN1C(=O)c1ccc(NS(=O)(=O)c2ccc3c(c2)CCCC3)cc1. The molecule has 2 aromatic rings. The van der Waals surface area contributed by atoms with Gasteiger partial charge in [0.1, 0.15) is 6.04 Å². The van der Waals surface area contributed by atoms with Crippen molar-refractivity contribution in [1.82, 2.24) is 10.2 Å². The van der Waals surface area contributed by atoms with E-state index in [0.717, 1.165) is 37.7 Å². The van der Waals surface area contributed by atoms with Crippen LogP contribution in [-0.2, 0) is 27.7 Å². The number of rotatable bonds is 7. The van der Waals surface area contributed by atoms with E-state index in [1.54, 1.807) is 47.4 Å². The smallest absolute Gasteiger partial charge is 0.261 e. The summed E-state index contributed by atoms with van der Waals surface area (Å²) >= 11 is 0. The molecule has 4 rings (SSSR count). The zero-order chi connectivity index (χ0) is 23.4. The molecular formula is C25H29N3O4S. The standard InChI is InChI=1S/C25H29N3O4S/c1-2-15-26-24(29)23-8-5-16-28(23)25(30)19-9-12-21(13-10-19)27-33(31,32)22-14-11-18-6-3-4-7-20(18)17-22/h2,9-14,17,23,27H,1,3-8,15-16H2,(H,26,29)/t23-/m1/s1. The number of hydrogen-bond acceptors (Lipinski definition) is 4.